The number of amides is 3. The number of nitrogens with one attached hydrogen (secondary N) is 2. The summed E-state index contributed by atoms with van der Waals surface area (Å²) in [6, 6.07) is 2.61. The minimum absolute atomic E-state index is 0.0763. The molecule has 0 saturated heterocycles. The highest BCUT2D eigenvalue weighted by Gasteiger charge is 2.23. The van der Waals surface area contributed by atoms with Gasteiger partial charge in [-0.2, -0.15) is 0 Å². The fourth-order valence-electron chi connectivity index (χ4n) is 2.52. The number of urea groups is 1. The first-order valence-corrected chi connectivity index (χ1v) is 8.68. The Morgan fingerprint density at radius 1 is 1.30 bits per heavy atom. The Kier molecular flexibility index (Phi) is 6.41. The number of thiophene rings is 1. The van der Waals surface area contributed by atoms with Crippen molar-refractivity contribution >= 4 is 40.8 Å². The van der Waals surface area contributed by atoms with Crippen molar-refractivity contribution < 1.29 is 19.1 Å². The van der Waals surface area contributed by atoms with E-state index < -0.39 is 24.5 Å². The van der Waals surface area contributed by atoms with Crippen LogP contribution in [0.15, 0.2) is 12.1 Å². The van der Waals surface area contributed by atoms with E-state index in [0.717, 1.165) is 30.6 Å². The summed E-state index contributed by atoms with van der Waals surface area (Å²) in [6.45, 7) is 1.57. The number of carbonyl (C=O) groups excluding carboxylic acids is 3. The molecule has 6 nitrogen and oxygen atoms in total. The lowest BCUT2D eigenvalue weighted by Gasteiger charge is -2.29. The van der Waals surface area contributed by atoms with Crippen LogP contribution in [-0.2, 0) is 9.53 Å². The zero-order valence-electron chi connectivity index (χ0n) is 12.8. The first kappa shape index (κ1) is 17.7. The Morgan fingerprint density at radius 2 is 2.04 bits per heavy atom. The topological polar surface area (TPSA) is 84.5 Å². The highest BCUT2D eigenvalue weighted by Crippen LogP contribution is 2.23. The average molecular weight is 359 g/mol. The molecule has 1 aliphatic carbocycles. The molecule has 0 unspecified atom stereocenters. The van der Waals surface area contributed by atoms with E-state index in [1.54, 1.807) is 6.07 Å². The van der Waals surface area contributed by atoms with Gasteiger partial charge in [0, 0.05) is 6.04 Å². The van der Waals surface area contributed by atoms with Gasteiger partial charge in [0.05, 0.1) is 4.34 Å². The van der Waals surface area contributed by atoms with Gasteiger partial charge in [0.2, 0.25) is 0 Å². The van der Waals surface area contributed by atoms with E-state index in [9.17, 15) is 14.4 Å². The molecule has 0 radical (unpaired) electrons. The lowest BCUT2D eigenvalue weighted by molar-refractivity contribution is -0.123. The van der Waals surface area contributed by atoms with E-state index in [1.165, 1.54) is 12.5 Å². The van der Waals surface area contributed by atoms with Gasteiger partial charge in [-0.1, -0.05) is 31.4 Å². The van der Waals surface area contributed by atoms with Gasteiger partial charge in [-0.05, 0) is 30.9 Å². The summed E-state index contributed by atoms with van der Waals surface area (Å²) < 4.78 is 5.30. The number of ether oxygens (including phenoxy) is 1. The van der Waals surface area contributed by atoms with Crippen LogP contribution in [0.25, 0.3) is 0 Å². The van der Waals surface area contributed by atoms with Gasteiger partial charge in [-0.25, -0.2) is 9.59 Å². The molecule has 1 fully saturated rings. The highest BCUT2D eigenvalue weighted by molar-refractivity contribution is 7.17. The zero-order valence-corrected chi connectivity index (χ0v) is 14.3. The van der Waals surface area contributed by atoms with Crippen LogP contribution < -0.4 is 10.6 Å². The minimum atomic E-state index is -0.665. The molecule has 1 aromatic heterocycles. The molecule has 23 heavy (non-hydrogen) atoms. The number of hydrogen-bond acceptors (Lipinski definition) is 5. The number of halogens is 1. The van der Waals surface area contributed by atoms with Gasteiger partial charge < -0.3 is 10.1 Å². The number of imide groups is 1. The summed E-state index contributed by atoms with van der Waals surface area (Å²) in [4.78, 5) is 35.4. The Hall–Kier alpha value is -1.60. The molecule has 1 aliphatic rings. The fourth-order valence-corrected chi connectivity index (χ4v) is 3.46. The Labute approximate surface area is 143 Å². The van der Waals surface area contributed by atoms with Crippen molar-refractivity contribution in [3.63, 3.8) is 0 Å². The summed E-state index contributed by atoms with van der Waals surface area (Å²) in [7, 11) is 0. The maximum Gasteiger partial charge on any atom is 0.348 e. The molecule has 8 heteroatoms. The number of hydrogen-bond donors (Lipinski definition) is 2. The maximum absolute atomic E-state index is 11.8. The third-order valence-electron chi connectivity index (χ3n) is 3.79. The summed E-state index contributed by atoms with van der Waals surface area (Å²) >= 11 is 6.78. The third kappa shape index (κ3) is 5.51. The molecule has 126 valence electrons. The van der Waals surface area contributed by atoms with E-state index in [2.05, 4.69) is 17.6 Å². The molecule has 1 saturated carbocycles. The van der Waals surface area contributed by atoms with E-state index in [0.29, 0.717) is 15.1 Å². The predicted molar refractivity (Wildman–Crippen MR) is 87.7 cm³/mol. The van der Waals surface area contributed by atoms with Gasteiger partial charge in [-0.3, -0.25) is 10.1 Å². The zero-order chi connectivity index (χ0) is 16.8. The van der Waals surface area contributed by atoms with Crippen LogP contribution in [0.4, 0.5) is 4.79 Å². The predicted octanol–water partition coefficient (Wildman–Crippen LogP) is 2.96. The molecule has 2 atom stereocenters. The number of esters is 1. The molecule has 2 rings (SSSR count). The quantitative estimate of drug-likeness (QED) is 0.810. The Morgan fingerprint density at radius 3 is 2.70 bits per heavy atom. The fraction of sp³-hybridized carbons (Fsp3) is 0.533. The smallest absolute Gasteiger partial charge is 0.348 e. The van der Waals surface area contributed by atoms with Crippen molar-refractivity contribution in [1.29, 1.82) is 0 Å². The van der Waals surface area contributed by atoms with Gasteiger partial charge in [0.1, 0.15) is 4.88 Å². The van der Waals surface area contributed by atoms with Crippen LogP contribution in [0.5, 0.6) is 0 Å². The van der Waals surface area contributed by atoms with E-state index in [1.807, 2.05) is 0 Å². The van der Waals surface area contributed by atoms with Crippen molar-refractivity contribution in [2.45, 2.75) is 38.6 Å². The van der Waals surface area contributed by atoms with E-state index >= 15 is 0 Å². The molecular weight excluding hydrogens is 340 g/mol. The second kappa shape index (κ2) is 8.31. The Balaban J connectivity index is 1.71. The van der Waals surface area contributed by atoms with Crippen LogP contribution in [0, 0.1) is 5.92 Å². The van der Waals surface area contributed by atoms with Crippen molar-refractivity contribution in [2.24, 2.45) is 5.92 Å². The van der Waals surface area contributed by atoms with E-state index in [-0.39, 0.29) is 6.04 Å². The molecule has 3 amide bonds. The lowest BCUT2D eigenvalue weighted by atomic mass is 9.86. The van der Waals surface area contributed by atoms with Crippen LogP contribution >= 0.6 is 22.9 Å². The van der Waals surface area contributed by atoms with Crippen LogP contribution in [-0.4, -0.2) is 30.6 Å². The molecule has 1 heterocycles. The SMILES string of the molecule is C[C@@H]1CCCC[C@@H]1NC(=O)NC(=O)COC(=O)c1ccc(Cl)s1. The summed E-state index contributed by atoms with van der Waals surface area (Å²) in [5.41, 5.74) is 0. The largest absolute Gasteiger partial charge is 0.451 e. The third-order valence-corrected chi connectivity index (χ3v) is 5.00. The van der Waals surface area contributed by atoms with Crippen molar-refractivity contribution in [3.05, 3.63) is 21.3 Å². The number of rotatable bonds is 4. The maximum atomic E-state index is 11.8. The standard InChI is InChI=1S/C15H19ClN2O4S/c1-9-4-2-3-5-10(9)17-15(21)18-13(19)8-22-14(20)11-6-7-12(16)23-11/h6-7,9-10H,2-5,8H2,1H3,(H2,17,18,19,21)/t9-,10+/m1/s1. The summed E-state index contributed by atoms with van der Waals surface area (Å²) in [5.74, 6) is -0.911. The van der Waals surface area contributed by atoms with Gasteiger partial charge >= 0.3 is 12.0 Å². The second-order valence-electron chi connectivity index (χ2n) is 5.57. The van der Waals surface area contributed by atoms with Crippen molar-refractivity contribution in [3.8, 4) is 0 Å². The van der Waals surface area contributed by atoms with Gasteiger partial charge in [0.25, 0.3) is 5.91 Å². The van der Waals surface area contributed by atoms with Gasteiger partial charge in [0.15, 0.2) is 6.61 Å². The average Bonchev–Trinajstić information content (AvgIpc) is 2.94. The van der Waals surface area contributed by atoms with Crippen LogP contribution in [0.1, 0.15) is 42.3 Å². The molecule has 1 aromatic rings. The molecule has 2 N–H and O–H groups in total. The summed E-state index contributed by atoms with van der Waals surface area (Å²) in [5, 5.41) is 4.97. The van der Waals surface area contributed by atoms with Crippen molar-refractivity contribution in [1.82, 2.24) is 10.6 Å². The second-order valence-corrected chi connectivity index (χ2v) is 7.28. The molecule has 0 aromatic carbocycles. The highest BCUT2D eigenvalue weighted by atomic mass is 35.5. The molecule has 0 aliphatic heterocycles. The van der Waals surface area contributed by atoms with Crippen LogP contribution in [0.3, 0.4) is 0 Å². The first-order valence-electron chi connectivity index (χ1n) is 7.48. The summed E-state index contributed by atoms with van der Waals surface area (Å²) in [6.07, 6.45) is 4.23. The van der Waals surface area contributed by atoms with E-state index in [4.69, 9.17) is 16.3 Å². The van der Waals surface area contributed by atoms with Crippen LogP contribution in [0.2, 0.25) is 4.34 Å². The Bertz CT molecular complexity index is 590. The monoisotopic (exact) mass is 358 g/mol. The van der Waals surface area contributed by atoms with Gasteiger partial charge in [-0.15, -0.1) is 11.3 Å². The molecule has 0 spiro atoms. The molecular formula is C15H19ClN2O4S. The normalized spacial score (nSPS) is 20.6. The lowest BCUT2D eigenvalue weighted by Crippen LogP contribution is -2.48. The minimum Gasteiger partial charge on any atom is -0.451 e. The molecule has 0 bridgehead atoms. The number of carbonyl (C=O) groups is 3. The first-order chi connectivity index (χ1) is 11.0. The van der Waals surface area contributed by atoms with Crippen molar-refractivity contribution in [2.75, 3.05) is 6.61 Å².